The summed E-state index contributed by atoms with van der Waals surface area (Å²) in [6.07, 6.45) is 5.39. The summed E-state index contributed by atoms with van der Waals surface area (Å²) in [7, 11) is 0. The van der Waals surface area contributed by atoms with Gasteiger partial charge in [-0.2, -0.15) is 0 Å². The number of aromatic nitrogens is 1. The first kappa shape index (κ1) is 13.6. The molecular weight excluding hydrogens is 252 g/mol. The molecule has 3 rings (SSSR count). The first-order valence-electron chi connectivity index (χ1n) is 7.43. The third-order valence-electron chi connectivity index (χ3n) is 4.32. The Kier molecular flexibility index (Phi) is 3.50. The van der Waals surface area contributed by atoms with Crippen LogP contribution in [0.5, 0.6) is 0 Å². The van der Waals surface area contributed by atoms with E-state index in [-0.39, 0.29) is 23.5 Å². The van der Waals surface area contributed by atoms with Crippen molar-refractivity contribution in [1.29, 1.82) is 0 Å². The average Bonchev–Trinajstić information content (AvgIpc) is 2.81. The molecule has 1 aliphatic heterocycles. The van der Waals surface area contributed by atoms with Crippen LogP contribution in [0.15, 0.2) is 18.3 Å². The standard InChI is InChI=1S/C16H22N2O2/c1-16(2)10-12(7-9-20-16)18-15(19)13-6-5-11-4-3-8-17-14(11)13/h3-4,8,12-13H,5-7,9-10H2,1-2H3,(H,18,19)/t12-,13-/m1/s1. The molecule has 1 aromatic rings. The molecule has 0 aromatic carbocycles. The van der Waals surface area contributed by atoms with E-state index in [1.54, 1.807) is 6.20 Å². The molecule has 2 atom stereocenters. The van der Waals surface area contributed by atoms with Gasteiger partial charge < -0.3 is 10.1 Å². The van der Waals surface area contributed by atoms with Crippen LogP contribution < -0.4 is 5.32 Å². The van der Waals surface area contributed by atoms with Crippen LogP contribution in [0.1, 0.15) is 50.3 Å². The van der Waals surface area contributed by atoms with Gasteiger partial charge in [-0.15, -0.1) is 0 Å². The number of carbonyl (C=O) groups excluding carboxylic acids is 1. The van der Waals surface area contributed by atoms with Crippen molar-refractivity contribution in [1.82, 2.24) is 10.3 Å². The van der Waals surface area contributed by atoms with Crippen LogP contribution in [0.2, 0.25) is 0 Å². The lowest BCUT2D eigenvalue weighted by Gasteiger charge is -2.36. The topological polar surface area (TPSA) is 51.2 Å². The summed E-state index contributed by atoms with van der Waals surface area (Å²) in [6, 6.07) is 4.24. The van der Waals surface area contributed by atoms with E-state index in [2.05, 4.69) is 30.2 Å². The second-order valence-electron chi connectivity index (χ2n) is 6.45. The lowest BCUT2D eigenvalue weighted by Crippen LogP contribution is -2.46. The van der Waals surface area contributed by atoms with Gasteiger partial charge in [-0.3, -0.25) is 9.78 Å². The molecule has 108 valence electrons. The molecule has 0 bridgehead atoms. The number of hydrogen-bond acceptors (Lipinski definition) is 3. The first-order valence-corrected chi connectivity index (χ1v) is 7.43. The number of nitrogens with one attached hydrogen (secondary N) is 1. The summed E-state index contributed by atoms with van der Waals surface area (Å²) in [5.41, 5.74) is 2.05. The number of amides is 1. The van der Waals surface area contributed by atoms with E-state index in [0.717, 1.165) is 38.0 Å². The van der Waals surface area contributed by atoms with E-state index in [0.29, 0.717) is 0 Å². The molecule has 20 heavy (non-hydrogen) atoms. The number of aryl methyl sites for hydroxylation is 1. The summed E-state index contributed by atoms with van der Waals surface area (Å²) in [6.45, 7) is 4.88. The Balaban J connectivity index is 1.66. The maximum Gasteiger partial charge on any atom is 0.229 e. The molecule has 0 spiro atoms. The molecule has 0 saturated carbocycles. The van der Waals surface area contributed by atoms with Crippen molar-refractivity contribution < 1.29 is 9.53 Å². The minimum Gasteiger partial charge on any atom is -0.375 e. The summed E-state index contributed by atoms with van der Waals surface area (Å²) in [4.78, 5) is 16.9. The largest absolute Gasteiger partial charge is 0.375 e. The monoisotopic (exact) mass is 274 g/mol. The summed E-state index contributed by atoms with van der Waals surface area (Å²) < 4.78 is 5.70. The fourth-order valence-electron chi connectivity index (χ4n) is 3.32. The van der Waals surface area contributed by atoms with Crippen molar-refractivity contribution in [2.45, 2.75) is 57.1 Å². The number of carbonyl (C=O) groups is 1. The fourth-order valence-corrected chi connectivity index (χ4v) is 3.32. The zero-order valence-electron chi connectivity index (χ0n) is 12.2. The van der Waals surface area contributed by atoms with E-state index in [1.807, 2.05) is 6.07 Å². The highest BCUT2D eigenvalue weighted by molar-refractivity contribution is 5.84. The molecule has 1 amide bonds. The number of ether oxygens (including phenoxy) is 1. The van der Waals surface area contributed by atoms with Crippen molar-refractivity contribution in [3.05, 3.63) is 29.6 Å². The van der Waals surface area contributed by atoms with E-state index in [9.17, 15) is 4.79 Å². The Morgan fingerprint density at radius 2 is 2.30 bits per heavy atom. The molecule has 2 heterocycles. The molecule has 2 aliphatic rings. The Morgan fingerprint density at radius 1 is 1.45 bits per heavy atom. The van der Waals surface area contributed by atoms with E-state index >= 15 is 0 Å². The molecule has 1 saturated heterocycles. The molecule has 4 heteroatoms. The Morgan fingerprint density at radius 3 is 3.10 bits per heavy atom. The molecule has 0 unspecified atom stereocenters. The van der Waals surface area contributed by atoms with Crippen molar-refractivity contribution in [3.8, 4) is 0 Å². The molecular formula is C16H22N2O2. The van der Waals surface area contributed by atoms with Crippen LogP contribution >= 0.6 is 0 Å². The van der Waals surface area contributed by atoms with E-state index in [4.69, 9.17) is 4.74 Å². The maximum absolute atomic E-state index is 12.5. The van der Waals surface area contributed by atoms with Crippen LogP contribution in [0, 0.1) is 0 Å². The van der Waals surface area contributed by atoms with Crippen LogP contribution in [0.4, 0.5) is 0 Å². The fraction of sp³-hybridized carbons (Fsp3) is 0.625. The summed E-state index contributed by atoms with van der Waals surface area (Å²) in [5.74, 6) is 0.0577. The van der Waals surface area contributed by atoms with Crippen molar-refractivity contribution in [2.75, 3.05) is 6.61 Å². The first-order chi connectivity index (χ1) is 9.55. The zero-order chi connectivity index (χ0) is 14.2. The number of pyridine rings is 1. The highest BCUT2D eigenvalue weighted by Crippen LogP contribution is 2.32. The van der Waals surface area contributed by atoms with Gasteiger partial charge in [0.15, 0.2) is 0 Å². The molecule has 1 fully saturated rings. The van der Waals surface area contributed by atoms with Crippen LogP contribution in [-0.2, 0) is 16.0 Å². The zero-order valence-corrected chi connectivity index (χ0v) is 12.2. The van der Waals surface area contributed by atoms with Gasteiger partial charge in [0.05, 0.1) is 17.2 Å². The molecule has 0 radical (unpaired) electrons. The minimum atomic E-state index is -0.137. The number of rotatable bonds is 2. The predicted molar refractivity (Wildman–Crippen MR) is 76.5 cm³/mol. The minimum absolute atomic E-state index is 0.0721. The van der Waals surface area contributed by atoms with Crippen molar-refractivity contribution >= 4 is 5.91 Å². The van der Waals surface area contributed by atoms with Gasteiger partial charge in [-0.25, -0.2) is 0 Å². The van der Waals surface area contributed by atoms with Gasteiger partial charge >= 0.3 is 0 Å². The number of nitrogens with zero attached hydrogens (tertiary/aromatic N) is 1. The van der Waals surface area contributed by atoms with E-state index < -0.39 is 0 Å². The number of hydrogen-bond donors (Lipinski definition) is 1. The van der Waals surface area contributed by atoms with Gasteiger partial charge in [-0.1, -0.05) is 6.07 Å². The quantitative estimate of drug-likeness (QED) is 0.899. The predicted octanol–water partition coefficient (Wildman–Crippen LogP) is 2.19. The normalized spacial score (nSPS) is 27.9. The Bertz CT molecular complexity index is 513. The van der Waals surface area contributed by atoms with E-state index in [1.165, 1.54) is 5.56 Å². The maximum atomic E-state index is 12.5. The third-order valence-corrected chi connectivity index (χ3v) is 4.32. The van der Waals surface area contributed by atoms with Crippen LogP contribution in [-0.4, -0.2) is 29.1 Å². The molecule has 4 nitrogen and oxygen atoms in total. The summed E-state index contributed by atoms with van der Waals surface area (Å²) >= 11 is 0. The van der Waals surface area contributed by atoms with Gasteiger partial charge in [0.1, 0.15) is 0 Å². The SMILES string of the molecule is CC1(C)C[C@H](NC(=O)[C@@H]2CCc3cccnc32)CCO1. The molecule has 1 aliphatic carbocycles. The highest BCUT2D eigenvalue weighted by atomic mass is 16.5. The van der Waals surface area contributed by atoms with Gasteiger partial charge in [-0.05, 0) is 51.2 Å². The van der Waals surface area contributed by atoms with Crippen molar-refractivity contribution in [2.24, 2.45) is 0 Å². The van der Waals surface area contributed by atoms with Gasteiger partial charge in [0.25, 0.3) is 0 Å². The highest BCUT2D eigenvalue weighted by Gasteiger charge is 2.34. The van der Waals surface area contributed by atoms with Gasteiger partial charge in [0, 0.05) is 18.8 Å². The second kappa shape index (κ2) is 5.17. The third kappa shape index (κ3) is 2.70. The second-order valence-corrected chi connectivity index (χ2v) is 6.45. The average molecular weight is 274 g/mol. The van der Waals surface area contributed by atoms with Gasteiger partial charge in [0.2, 0.25) is 5.91 Å². The van der Waals surface area contributed by atoms with Crippen molar-refractivity contribution in [3.63, 3.8) is 0 Å². The Hall–Kier alpha value is -1.42. The van der Waals surface area contributed by atoms with Crippen LogP contribution in [0.3, 0.4) is 0 Å². The van der Waals surface area contributed by atoms with Crippen LogP contribution in [0.25, 0.3) is 0 Å². The Labute approximate surface area is 119 Å². The summed E-state index contributed by atoms with van der Waals surface area (Å²) in [5, 5.41) is 3.20. The smallest absolute Gasteiger partial charge is 0.229 e. The molecule has 1 aromatic heterocycles. The lowest BCUT2D eigenvalue weighted by molar-refractivity contribution is -0.125. The number of fused-ring (bicyclic) bond motifs is 1. The molecule has 1 N–H and O–H groups in total. The lowest BCUT2D eigenvalue weighted by atomic mass is 9.93.